The highest BCUT2D eigenvalue weighted by atomic mass is 19.1. The lowest BCUT2D eigenvalue weighted by atomic mass is 9.98. The Hall–Kier alpha value is -3.55. The summed E-state index contributed by atoms with van der Waals surface area (Å²) >= 11 is 0. The molecule has 0 aliphatic carbocycles. The van der Waals surface area contributed by atoms with Gasteiger partial charge in [0.25, 0.3) is 0 Å². The molecular weight excluding hydrogens is 397 g/mol. The van der Waals surface area contributed by atoms with Crippen molar-refractivity contribution in [3.8, 4) is 22.4 Å². The standard InChI is InChI=1S/C23H24FN5O2/c1-3-20(30)26-19-13-16(9-10-25-19)22-18-14-28(21(31)4-2)11-12-29(18)27-23(22)15-5-7-17(24)8-6-15/h5-10,13H,3-4,11-12,14H2,1-2H3,(H,25,26,30). The number of aromatic nitrogens is 3. The number of amides is 2. The smallest absolute Gasteiger partial charge is 0.225 e. The molecule has 0 saturated carbocycles. The first-order valence-electron chi connectivity index (χ1n) is 10.4. The molecule has 0 saturated heterocycles. The molecule has 8 heteroatoms. The Bertz CT molecular complexity index is 1120. The van der Waals surface area contributed by atoms with Gasteiger partial charge in [0.15, 0.2) is 0 Å². The summed E-state index contributed by atoms with van der Waals surface area (Å²) in [7, 11) is 0. The molecule has 2 amide bonds. The minimum absolute atomic E-state index is 0.0901. The van der Waals surface area contributed by atoms with Crippen LogP contribution in [0.2, 0.25) is 0 Å². The molecule has 1 aromatic carbocycles. The summed E-state index contributed by atoms with van der Waals surface area (Å²) in [4.78, 5) is 30.3. The number of fused-ring (bicyclic) bond motifs is 1. The van der Waals surface area contributed by atoms with Crippen LogP contribution in [0, 0.1) is 5.82 Å². The molecule has 3 heterocycles. The number of nitrogens with zero attached hydrogens (tertiary/aromatic N) is 4. The predicted octanol–water partition coefficient (Wildman–Crippen LogP) is 3.85. The molecule has 0 fully saturated rings. The topological polar surface area (TPSA) is 80.1 Å². The Morgan fingerprint density at radius 3 is 2.55 bits per heavy atom. The van der Waals surface area contributed by atoms with E-state index < -0.39 is 0 Å². The van der Waals surface area contributed by atoms with Gasteiger partial charge >= 0.3 is 0 Å². The first-order chi connectivity index (χ1) is 15.0. The van der Waals surface area contributed by atoms with Crippen LogP contribution in [0.4, 0.5) is 10.2 Å². The van der Waals surface area contributed by atoms with Gasteiger partial charge in [0.05, 0.1) is 18.8 Å². The molecule has 3 aromatic rings. The fourth-order valence-corrected chi connectivity index (χ4v) is 3.75. The van der Waals surface area contributed by atoms with Crippen molar-refractivity contribution in [2.75, 3.05) is 11.9 Å². The summed E-state index contributed by atoms with van der Waals surface area (Å²) in [5.74, 6) is 0.0987. The maximum absolute atomic E-state index is 13.5. The van der Waals surface area contributed by atoms with E-state index >= 15 is 0 Å². The van der Waals surface area contributed by atoms with E-state index in [0.717, 1.165) is 22.4 Å². The van der Waals surface area contributed by atoms with E-state index in [2.05, 4.69) is 10.3 Å². The molecule has 1 aliphatic rings. The van der Waals surface area contributed by atoms with Crippen LogP contribution < -0.4 is 5.32 Å². The maximum atomic E-state index is 13.5. The molecule has 1 N–H and O–H groups in total. The van der Waals surface area contributed by atoms with E-state index in [4.69, 9.17) is 5.10 Å². The Morgan fingerprint density at radius 2 is 1.84 bits per heavy atom. The third kappa shape index (κ3) is 4.19. The highest BCUT2D eigenvalue weighted by Gasteiger charge is 2.27. The van der Waals surface area contributed by atoms with Crippen molar-refractivity contribution in [2.45, 2.75) is 39.8 Å². The SMILES string of the molecule is CCC(=O)Nc1cc(-c2c(-c3ccc(F)cc3)nn3c2CN(C(=O)CC)CC3)ccn1. The zero-order chi connectivity index (χ0) is 22.0. The first kappa shape index (κ1) is 20.7. The molecule has 160 valence electrons. The lowest BCUT2D eigenvalue weighted by Crippen LogP contribution is -2.38. The van der Waals surface area contributed by atoms with E-state index in [-0.39, 0.29) is 17.6 Å². The fourth-order valence-electron chi connectivity index (χ4n) is 3.75. The lowest BCUT2D eigenvalue weighted by molar-refractivity contribution is -0.132. The number of anilines is 1. The van der Waals surface area contributed by atoms with E-state index in [1.807, 2.05) is 22.6 Å². The van der Waals surface area contributed by atoms with Crippen molar-refractivity contribution >= 4 is 17.6 Å². The summed E-state index contributed by atoms with van der Waals surface area (Å²) in [6.45, 7) is 5.25. The van der Waals surface area contributed by atoms with Crippen LogP contribution in [0.5, 0.6) is 0 Å². The zero-order valence-electron chi connectivity index (χ0n) is 17.6. The average Bonchev–Trinajstić information content (AvgIpc) is 3.17. The van der Waals surface area contributed by atoms with Crippen LogP contribution in [0.1, 0.15) is 32.4 Å². The van der Waals surface area contributed by atoms with Crippen LogP contribution >= 0.6 is 0 Å². The second-order valence-corrected chi connectivity index (χ2v) is 7.40. The van der Waals surface area contributed by atoms with Crippen molar-refractivity contribution in [3.63, 3.8) is 0 Å². The van der Waals surface area contributed by atoms with Crippen molar-refractivity contribution in [3.05, 3.63) is 54.1 Å². The minimum atomic E-state index is -0.317. The van der Waals surface area contributed by atoms with Crippen LogP contribution in [0.3, 0.4) is 0 Å². The Labute approximate surface area is 179 Å². The second kappa shape index (κ2) is 8.67. The minimum Gasteiger partial charge on any atom is -0.335 e. The molecule has 1 aliphatic heterocycles. The zero-order valence-corrected chi connectivity index (χ0v) is 17.6. The third-order valence-electron chi connectivity index (χ3n) is 5.39. The van der Waals surface area contributed by atoms with Crippen molar-refractivity contribution in [2.24, 2.45) is 0 Å². The monoisotopic (exact) mass is 421 g/mol. The van der Waals surface area contributed by atoms with Gasteiger partial charge in [-0.3, -0.25) is 14.3 Å². The van der Waals surface area contributed by atoms with Gasteiger partial charge in [-0.15, -0.1) is 0 Å². The van der Waals surface area contributed by atoms with Gasteiger partial charge in [0, 0.05) is 36.7 Å². The van der Waals surface area contributed by atoms with E-state index in [0.29, 0.717) is 44.0 Å². The molecule has 0 bridgehead atoms. The molecule has 0 radical (unpaired) electrons. The molecule has 0 atom stereocenters. The number of hydrogen-bond donors (Lipinski definition) is 1. The van der Waals surface area contributed by atoms with E-state index in [1.165, 1.54) is 12.1 Å². The number of nitrogens with one attached hydrogen (secondary N) is 1. The molecule has 7 nitrogen and oxygen atoms in total. The van der Waals surface area contributed by atoms with Gasteiger partial charge in [-0.05, 0) is 42.0 Å². The fraction of sp³-hybridized carbons (Fsp3) is 0.304. The van der Waals surface area contributed by atoms with Gasteiger partial charge in [0.2, 0.25) is 11.8 Å². The molecule has 0 spiro atoms. The van der Waals surface area contributed by atoms with E-state index in [1.54, 1.807) is 31.3 Å². The number of benzene rings is 1. The Kier molecular flexibility index (Phi) is 5.79. The molecule has 2 aromatic heterocycles. The van der Waals surface area contributed by atoms with Gasteiger partial charge in [-0.1, -0.05) is 13.8 Å². The Morgan fingerprint density at radius 1 is 1.06 bits per heavy atom. The number of hydrogen-bond acceptors (Lipinski definition) is 4. The largest absolute Gasteiger partial charge is 0.335 e. The molecule has 4 rings (SSSR count). The third-order valence-corrected chi connectivity index (χ3v) is 5.39. The van der Waals surface area contributed by atoms with Crippen molar-refractivity contribution in [1.29, 1.82) is 0 Å². The highest BCUT2D eigenvalue weighted by molar-refractivity contribution is 5.91. The summed E-state index contributed by atoms with van der Waals surface area (Å²) in [5.41, 5.74) is 4.08. The molecule has 31 heavy (non-hydrogen) atoms. The predicted molar refractivity (Wildman–Crippen MR) is 115 cm³/mol. The number of pyridine rings is 1. The first-order valence-corrected chi connectivity index (χ1v) is 10.4. The van der Waals surface area contributed by atoms with Gasteiger partial charge in [-0.2, -0.15) is 5.10 Å². The van der Waals surface area contributed by atoms with Gasteiger partial charge in [-0.25, -0.2) is 9.37 Å². The van der Waals surface area contributed by atoms with Gasteiger partial charge < -0.3 is 10.2 Å². The van der Waals surface area contributed by atoms with Crippen LogP contribution in [-0.4, -0.2) is 38.0 Å². The van der Waals surface area contributed by atoms with Gasteiger partial charge in [0.1, 0.15) is 17.3 Å². The second-order valence-electron chi connectivity index (χ2n) is 7.40. The van der Waals surface area contributed by atoms with Crippen molar-refractivity contribution in [1.82, 2.24) is 19.7 Å². The lowest BCUT2D eigenvalue weighted by Gasteiger charge is -2.28. The normalized spacial score (nSPS) is 13.1. The quantitative estimate of drug-likeness (QED) is 0.679. The van der Waals surface area contributed by atoms with Crippen LogP contribution in [0.15, 0.2) is 42.6 Å². The summed E-state index contributed by atoms with van der Waals surface area (Å²) in [6, 6.07) is 9.87. The number of rotatable bonds is 5. The molecular formula is C23H24FN5O2. The van der Waals surface area contributed by atoms with Crippen LogP contribution in [-0.2, 0) is 22.7 Å². The highest BCUT2D eigenvalue weighted by Crippen LogP contribution is 2.37. The summed E-state index contributed by atoms with van der Waals surface area (Å²) in [5, 5.41) is 7.59. The molecule has 0 unspecified atom stereocenters. The Balaban J connectivity index is 1.84. The number of carbonyl (C=O) groups is 2. The number of carbonyl (C=O) groups excluding carboxylic acids is 2. The van der Waals surface area contributed by atoms with Crippen LogP contribution in [0.25, 0.3) is 22.4 Å². The summed E-state index contributed by atoms with van der Waals surface area (Å²) in [6.07, 6.45) is 2.43. The number of halogens is 1. The maximum Gasteiger partial charge on any atom is 0.225 e. The average molecular weight is 421 g/mol. The van der Waals surface area contributed by atoms with Crippen molar-refractivity contribution < 1.29 is 14.0 Å². The summed E-state index contributed by atoms with van der Waals surface area (Å²) < 4.78 is 15.4. The van der Waals surface area contributed by atoms with E-state index in [9.17, 15) is 14.0 Å².